The van der Waals surface area contributed by atoms with E-state index in [4.69, 9.17) is 13.8 Å². The third kappa shape index (κ3) is 51.9. The fraction of sp³-hybridized carbons (Fsp3) is 0.738. The number of nitrogens with one attached hydrogen (secondary N) is 1. The van der Waals surface area contributed by atoms with Crippen molar-refractivity contribution < 1.29 is 37.3 Å². The van der Waals surface area contributed by atoms with E-state index in [1.54, 1.807) is 0 Å². The third-order valence-electron chi connectivity index (χ3n) is 12.3. The quantitative estimate of drug-likeness (QED) is 0.0205. The van der Waals surface area contributed by atoms with Crippen molar-refractivity contribution in [2.75, 3.05) is 40.9 Å². The maximum absolute atomic E-state index is 13.5. The minimum absolute atomic E-state index is 0.0286. The number of quaternary nitrogens is 1. The van der Waals surface area contributed by atoms with E-state index in [2.05, 4.69) is 99.0 Å². The fourth-order valence-corrected chi connectivity index (χ4v) is 8.58. The zero-order chi connectivity index (χ0) is 52.2. The molecule has 0 aromatic rings. The average Bonchev–Trinajstić information content (AvgIpc) is 3.33. The number of phosphoric acid groups is 1. The normalized spacial score (nSPS) is 14.4. The second-order valence-electron chi connectivity index (χ2n) is 20.4. The number of carbonyl (C=O) groups excluding carboxylic acids is 2. The first-order valence-corrected chi connectivity index (χ1v) is 30.4. The van der Waals surface area contributed by atoms with Gasteiger partial charge in [0.1, 0.15) is 19.3 Å². The molecule has 0 aliphatic rings. The first kappa shape index (κ1) is 68.2. The Balaban J connectivity index is 5.42. The fourth-order valence-electron chi connectivity index (χ4n) is 7.84. The Morgan fingerprint density at radius 3 is 1.37 bits per heavy atom. The van der Waals surface area contributed by atoms with Gasteiger partial charge in [-0.05, 0) is 102 Å². The summed E-state index contributed by atoms with van der Waals surface area (Å²) in [5, 5.41) is 3.03. The number of carbonyl (C=O) groups is 2. The maximum Gasteiger partial charge on any atom is 0.472 e. The van der Waals surface area contributed by atoms with Crippen molar-refractivity contribution in [3.63, 3.8) is 0 Å². The molecular formula is C61H110N2O7P+. The van der Waals surface area contributed by atoms with Gasteiger partial charge in [0, 0.05) is 12.8 Å². The molecule has 0 heterocycles. The molecule has 0 saturated heterocycles. The molecule has 2 N–H and O–H groups in total. The summed E-state index contributed by atoms with van der Waals surface area (Å²) in [4.78, 5) is 37.6. The molecule has 0 rings (SSSR count). The van der Waals surface area contributed by atoms with Crippen LogP contribution in [0.15, 0.2) is 85.1 Å². The highest BCUT2D eigenvalue weighted by Crippen LogP contribution is 2.43. The maximum atomic E-state index is 13.5. The van der Waals surface area contributed by atoms with E-state index in [9.17, 15) is 19.0 Å². The van der Waals surface area contributed by atoms with E-state index in [-0.39, 0.29) is 31.5 Å². The van der Waals surface area contributed by atoms with Crippen molar-refractivity contribution in [1.82, 2.24) is 5.32 Å². The van der Waals surface area contributed by atoms with Gasteiger partial charge in [0.05, 0.1) is 33.8 Å². The molecule has 1 amide bonds. The smallest absolute Gasteiger partial charge is 0.456 e. The molecule has 3 atom stereocenters. The number of nitrogens with zero attached hydrogens (tertiary/aromatic N) is 1. The second-order valence-corrected chi connectivity index (χ2v) is 21.9. The molecule has 3 unspecified atom stereocenters. The largest absolute Gasteiger partial charge is 0.472 e. The summed E-state index contributed by atoms with van der Waals surface area (Å²) in [7, 11) is 1.46. The summed E-state index contributed by atoms with van der Waals surface area (Å²) < 4.78 is 30.6. The Morgan fingerprint density at radius 1 is 0.507 bits per heavy atom. The van der Waals surface area contributed by atoms with Crippen LogP contribution >= 0.6 is 7.82 Å². The van der Waals surface area contributed by atoms with Gasteiger partial charge in [-0.1, -0.05) is 209 Å². The van der Waals surface area contributed by atoms with E-state index in [1.807, 2.05) is 33.3 Å². The van der Waals surface area contributed by atoms with Crippen molar-refractivity contribution >= 4 is 19.7 Å². The van der Waals surface area contributed by atoms with Gasteiger partial charge in [0.25, 0.3) is 0 Å². The van der Waals surface area contributed by atoms with E-state index in [0.29, 0.717) is 23.9 Å². The minimum atomic E-state index is -4.46. The molecular weight excluding hydrogens is 904 g/mol. The lowest BCUT2D eigenvalue weighted by Gasteiger charge is -2.27. The zero-order valence-corrected chi connectivity index (χ0v) is 47.6. The van der Waals surface area contributed by atoms with Crippen molar-refractivity contribution in [2.45, 2.75) is 251 Å². The highest BCUT2D eigenvalue weighted by molar-refractivity contribution is 7.47. The van der Waals surface area contributed by atoms with Gasteiger partial charge >= 0.3 is 13.8 Å². The van der Waals surface area contributed by atoms with Gasteiger partial charge < -0.3 is 19.4 Å². The second kappa shape index (κ2) is 50.7. The van der Waals surface area contributed by atoms with Crippen molar-refractivity contribution in [3.8, 4) is 0 Å². The summed E-state index contributed by atoms with van der Waals surface area (Å²) in [6.45, 7) is 6.85. The van der Waals surface area contributed by atoms with Gasteiger partial charge in [0.2, 0.25) is 5.91 Å². The topological polar surface area (TPSA) is 111 Å². The van der Waals surface area contributed by atoms with Crippen LogP contribution in [0.1, 0.15) is 239 Å². The Morgan fingerprint density at radius 2 is 0.901 bits per heavy atom. The Kier molecular flexibility index (Phi) is 48.7. The SMILES string of the molecule is CC/C=C\C/C=C\C/C=C\C/C=C\C/C=C\CCCCCC(=O)OC(/C=C/CCCCCCCCCCCC)C(COP(=O)(O)OCC[N+](C)(C)C)NC(=O)CCCCC/C=C\CCCCCCCCC. The predicted molar refractivity (Wildman–Crippen MR) is 304 cm³/mol. The molecule has 0 aliphatic carbocycles. The molecule has 0 aromatic heterocycles. The summed E-state index contributed by atoms with van der Waals surface area (Å²) in [6.07, 6.45) is 65.8. The highest BCUT2D eigenvalue weighted by Gasteiger charge is 2.30. The molecule has 0 spiro atoms. The number of ether oxygens (including phenoxy) is 1. The molecule has 71 heavy (non-hydrogen) atoms. The minimum Gasteiger partial charge on any atom is -0.456 e. The Hall–Kier alpha value is -2.81. The predicted octanol–water partition coefficient (Wildman–Crippen LogP) is 17.4. The van der Waals surface area contributed by atoms with Crippen LogP contribution in [0.2, 0.25) is 0 Å². The molecule has 0 aromatic carbocycles. The number of unbranched alkanes of at least 4 members (excludes halogenated alkanes) is 23. The van der Waals surface area contributed by atoms with Gasteiger partial charge in [-0.15, -0.1) is 0 Å². The number of rotatable bonds is 51. The lowest BCUT2D eigenvalue weighted by Crippen LogP contribution is -2.47. The molecule has 9 nitrogen and oxygen atoms in total. The van der Waals surface area contributed by atoms with Gasteiger partial charge in [-0.25, -0.2) is 4.57 Å². The molecule has 0 bridgehead atoms. The lowest BCUT2D eigenvalue weighted by atomic mass is 10.1. The van der Waals surface area contributed by atoms with Crippen molar-refractivity contribution in [3.05, 3.63) is 85.1 Å². The first-order valence-electron chi connectivity index (χ1n) is 28.9. The number of esters is 1. The Labute approximate surface area is 437 Å². The van der Waals surface area contributed by atoms with Gasteiger partial charge in [-0.2, -0.15) is 0 Å². The van der Waals surface area contributed by atoms with Gasteiger partial charge in [0.15, 0.2) is 0 Å². The number of hydrogen-bond donors (Lipinski definition) is 2. The zero-order valence-electron chi connectivity index (χ0n) is 46.7. The first-order chi connectivity index (χ1) is 34.4. The van der Waals surface area contributed by atoms with Crippen LogP contribution in [0, 0.1) is 0 Å². The highest BCUT2D eigenvalue weighted by atomic mass is 31.2. The standard InChI is InChI=1S/C61H109N2O7P/c1-7-10-13-16-19-22-25-28-30-31-32-33-34-36-39-42-45-48-51-54-61(65)70-59(52-49-46-43-40-37-27-24-21-18-15-12-9-3)58(57-69-71(66,67)68-56-55-63(4,5)6)62-60(64)53-50-47-44-41-38-35-29-26-23-20-17-14-11-8-2/h10,13,19,22,28,30,32-33,35-36,38-39,49,52,58-59H,7-9,11-12,14-18,20-21,23-27,29,31,34,37,40-48,50-51,53-57H2,1-6H3,(H-,62,64,66,67)/p+1/b13-10-,22-19-,30-28-,33-32-,38-35-,39-36-,52-49+. The lowest BCUT2D eigenvalue weighted by molar-refractivity contribution is -0.870. The monoisotopic (exact) mass is 1010 g/mol. The van der Waals surface area contributed by atoms with Crippen molar-refractivity contribution in [1.29, 1.82) is 0 Å². The number of allylic oxidation sites excluding steroid dienone is 13. The van der Waals surface area contributed by atoms with E-state index in [1.165, 1.54) is 96.3 Å². The summed E-state index contributed by atoms with van der Waals surface area (Å²) in [5.74, 6) is -0.565. The van der Waals surface area contributed by atoms with Crippen molar-refractivity contribution in [2.24, 2.45) is 0 Å². The average molecular weight is 1010 g/mol. The summed E-state index contributed by atoms with van der Waals surface area (Å²) in [5.41, 5.74) is 0. The molecule has 0 fully saturated rings. The molecule has 0 saturated carbocycles. The number of hydrogen-bond acceptors (Lipinski definition) is 6. The molecule has 0 aliphatic heterocycles. The van der Waals surface area contributed by atoms with Crippen LogP contribution in [-0.2, 0) is 27.9 Å². The van der Waals surface area contributed by atoms with Crippen LogP contribution in [0.25, 0.3) is 0 Å². The van der Waals surface area contributed by atoms with E-state index in [0.717, 1.165) is 103 Å². The number of phosphoric ester groups is 1. The number of likely N-dealkylation sites (N-methyl/N-ethyl adjacent to an activating group) is 1. The van der Waals surface area contributed by atoms with E-state index >= 15 is 0 Å². The summed E-state index contributed by atoms with van der Waals surface area (Å²) >= 11 is 0. The van der Waals surface area contributed by atoms with Crippen LogP contribution in [0.5, 0.6) is 0 Å². The molecule has 410 valence electrons. The van der Waals surface area contributed by atoms with Crippen LogP contribution in [0.3, 0.4) is 0 Å². The van der Waals surface area contributed by atoms with Crippen LogP contribution in [0.4, 0.5) is 0 Å². The van der Waals surface area contributed by atoms with Crippen LogP contribution < -0.4 is 5.32 Å². The molecule has 10 heteroatoms. The Bertz CT molecular complexity index is 1490. The van der Waals surface area contributed by atoms with Gasteiger partial charge in [-0.3, -0.25) is 18.6 Å². The third-order valence-corrected chi connectivity index (χ3v) is 13.3. The van der Waals surface area contributed by atoms with E-state index < -0.39 is 20.0 Å². The summed E-state index contributed by atoms with van der Waals surface area (Å²) in [6, 6.07) is -0.872. The molecule has 0 radical (unpaired) electrons. The number of amides is 1. The van der Waals surface area contributed by atoms with Crippen LogP contribution in [-0.4, -0.2) is 74.3 Å².